The van der Waals surface area contributed by atoms with Gasteiger partial charge in [-0.25, -0.2) is 0 Å². The Labute approximate surface area is 115 Å². The maximum absolute atomic E-state index is 5.62. The molecule has 1 aliphatic carbocycles. The minimum Gasteiger partial charge on any atom is -0.373 e. The quantitative estimate of drug-likeness (QED) is 0.769. The second kappa shape index (κ2) is 7.60. The molecule has 0 aliphatic heterocycles. The van der Waals surface area contributed by atoms with Crippen molar-refractivity contribution in [2.45, 2.75) is 51.0 Å². The zero-order valence-corrected chi connectivity index (χ0v) is 12.0. The van der Waals surface area contributed by atoms with Gasteiger partial charge in [-0.05, 0) is 38.8 Å². The lowest BCUT2D eigenvalue weighted by atomic mass is 9.85. The molecule has 0 bridgehead atoms. The summed E-state index contributed by atoms with van der Waals surface area (Å²) in [4.78, 5) is 4.50. The summed E-state index contributed by atoms with van der Waals surface area (Å²) < 4.78 is 10.9. The Balaban J connectivity index is 1.94. The summed E-state index contributed by atoms with van der Waals surface area (Å²) in [7, 11) is 3.69. The van der Waals surface area contributed by atoms with E-state index in [-0.39, 0.29) is 6.10 Å². The van der Waals surface area contributed by atoms with Crippen molar-refractivity contribution in [3.05, 3.63) is 11.7 Å². The van der Waals surface area contributed by atoms with Gasteiger partial charge in [0.2, 0.25) is 11.7 Å². The Bertz CT molecular complexity index is 361. The van der Waals surface area contributed by atoms with Crippen molar-refractivity contribution in [1.29, 1.82) is 0 Å². The Morgan fingerprint density at radius 1 is 1.37 bits per heavy atom. The summed E-state index contributed by atoms with van der Waals surface area (Å²) in [5.74, 6) is 2.00. The van der Waals surface area contributed by atoms with Gasteiger partial charge in [-0.2, -0.15) is 4.98 Å². The Morgan fingerprint density at radius 2 is 2.16 bits per heavy atom. The van der Waals surface area contributed by atoms with Crippen molar-refractivity contribution in [3.63, 3.8) is 0 Å². The highest BCUT2D eigenvalue weighted by molar-refractivity contribution is 4.95. The van der Waals surface area contributed by atoms with Crippen LogP contribution in [0.5, 0.6) is 0 Å². The van der Waals surface area contributed by atoms with Gasteiger partial charge in [0.1, 0.15) is 6.10 Å². The standard InChI is InChI=1S/C14H25N3O2/c1-15-10-6-9-12-16-14(17-19-12)13(18-2)11-7-4-3-5-8-11/h11,13,15H,3-10H2,1-2H3. The number of aromatic nitrogens is 2. The molecule has 1 fully saturated rings. The van der Waals surface area contributed by atoms with Crippen LogP contribution in [-0.4, -0.2) is 30.8 Å². The molecule has 108 valence electrons. The molecule has 2 rings (SSSR count). The fourth-order valence-electron chi connectivity index (χ4n) is 2.85. The van der Waals surface area contributed by atoms with Crippen LogP contribution >= 0.6 is 0 Å². The molecule has 1 unspecified atom stereocenters. The lowest BCUT2D eigenvalue weighted by Crippen LogP contribution is -2.19. The second-order valence-electron chi connectivity index (χ2n) is 5.31. The number of ether oxygens (including phenoxy) is 1. The lowest BCUT2D eigenvalue weighted by molar-refractivity contribution is 0.0273. The van der Waals surface area contributed by atoms with E-state index in [1.54, 1.807) is 7.11 Å². The van der Waals surface area contributed by atoms with Crippen LogP contribution in [0.2, 0.25) is 0 Å². The summed E-state index contributed by atoms with van der Waals surface area (Å²) in [6.45, 7) is 0.966. The van der Waals surface area contributed by atoms with Crippen molar-refractivity contribution < 1.29 is 9.26 Å². The van der Waals surface area contributed by atoms with E-state index in [0.717, 1.165) is 31.1 Å². The normalized spacial score (nSPS) is 18.6. The molecule has 0 spiro atoms. The number of methoxy groups -OCH3 is 1. The maximum atomic E-state index is 5.62. The fourth-order valence-corrected chi connectivity index (χ4v) is 2.85. The highest BCUT2D eigenvalue weighted by Crippen LogP contribution is 2.35. The summed E-state index contributed by atoms with van der Waals surface area (Å²) in [6, 6.07) is 0. The van der Waals surface area contributed by atoms with Crippen molar-refractivity contribution >= 4 is 0 Å². The highest BCUT2D eigenvalue weighted by atomic mass is 16.5. The molecule has 5 nitrogen and oxygen atoms in total. The molecule has 1 aliphatic rings. The molecule has 0 saturated heterocycles. The molecule has 1 heterocycles. The van der Waals surface area contributed by atoms with Crippen LogP contribution in [0.15, 0.2) is 4.52 Å². The minimum absolute atomic E-state index is 0.00194. The summed E-state index contributed by atoms with van der Waals surface area (Å²) in [6.07, 6.45) is 8.18. The van der Waals surface area contributed by atoms with Crippen molar-refractivity contribution in [1.82, 2.24) is 15.5 Å². The van der Waals surface area contributed by atoms with Gasteiger partial charge in [-0.3, -0.25) is 0 Å². The molecule has 0 radical (unpaired) electrons. The summed E-state index contributed by atoms with van der Waals surface area (Å²) in [5.41, 5.74) is 0. The van der Waals surface area contributed by atoms with E-state index in [1.165, 1.54) is 32.1 Å². The molecule has 1 saturated carbocycles. The van der Waals surface area contributed by atoms with E-state index in [9.17, 15) is 0 Å². The van der Waals surface area contributed by atoms with Gasteiger partial charge in [0.15, 0.2) is 0 Å². The van der Waals surface area contributed by atoms with E-state index in [0.29, 0.717) is 5.92 Å². The predicted octanol–water partition coefficient (Wildman–Crippen LogP) is 2.49. The first-order valence-corrected chi connectivity index (χ1v) is 7.35. The number of hydrogen-bond donors (Lipinski definition) is 1. The van der Waals surface area contributed by atoms with E-state index in [2.05, 4.69) is 15.5 Å². The third kappa shape index (κ3) is 4.01. The largest absolute Gasteiger partial charge is 0.373 e. The van der Waals surface area contributed by atoms with E-state index in [4.69, 9.17) is 9.26 Å². The first-order chi connectivity index (χ1) is 9.35. The third-order valence-corrected chi connectivity index (χ3v) is 3.89. The van der Waals surface area contributed by atoms with Crippen LogP contribution in [0, 0.1) is 5.92 Å². The van der Waals surface area contributed by atoms with Crippen molar-refractivity contribution in [2.75, 3.05) is 20.7 Å². The smallest absolute Gasteiger partial charge is 0.226 e. The first-order valence-electron chi connectivity index (χ1n) is 7.35. The zero-order valence-electron chi connectivity index (χ0n) is 12.0. The monoisotopic (exact) mass is 267 g/mol. The number of nitrogens with zero attached hydrogens (tertiary/aromatic N) is 2. The van der Waals surface area contributed by atoms with Gasteiger partial charge in [0.05, 0.1) is 0 Å². The Hall–Kier alpha value is -0.940. The van der Waals surface area contributed by atoms with Crippen LogP contribution in [0.3, 0.4) is 0 Å². The molecule has 1 N–H and O–H groups in total. The summed E-state index contributed by atoms with van der Waals surface area (Å²) >= 11 is 0. The van der Waals surface area contributed by atoms with Gasteiger partial charge in [0.25, 0.3) is 0 Å². The number of nitrogens with one attached hydrogen (secondary N) is 1. The van der Waals surface area contributed by atoms with Crippen molar-refractivity contribution in [2.24, 2.45) is 5.92 Å². The maximum Gasteiger partial charge on any atom is 0.226 e. The second-order valence-corrected chi connectivity index (χ2v) is 5.31. The average Bonchev–Trinajstić information content (AvgIpc) is 2.90. The van der Waals surface area contributed by atoms with E-state index >= 15 is 0 Å². The topological polar surface area (TPSA) is 60.2 Å². The van der Waals surface area contributed by atoms with Crippen molar-refractivity contribution in [3.8, 4) is 0 Å². The van der Waals surface area contributed by atoms with Crippen LogP contribution < -0.4 is 5.32 Å². The average molecular weight is 267 g/mol. The summed E-state index contributed by atoms with van der Waals surface area (Å²) in [5, 5.41) is 7.23. The predicted molar refractivity (Wildman–Crippen MR) is 72.9 cm³/mol. The molecular weight excluding hydrogens is 242 g/mol. The van der Waals surface area contributed by atoms with Gasteiger partial charge in [-0.15, -0.1) is 0 Å². The van der Waals surface area contributed by atoms with Gasteiger partial charge >= 0.3 is 0 Å². The molecule has 0 amide bonds. The third-order valence-electron chi connectivity index (χ3n) is 3.89. The van der Waals surface area contributed by atoms with Gasteiger partial charge < -0.3 is 14.6 Å². The highest BCUT2D eigenvalue weighted by Gasteiger charge is 2.28. The van der Waals surface area contributed by atoms with Gasteiger partial charge in [-0.1, -0.05) is 24.4 Å². The van der Waals surface area contributed by atoms with Crippen LogP contribution in [0.1, 0.15) is 56.3 Å². The van der Waals surface area contributed by atoms with E-state index in [1.807, 2.05) is 7.05 Å². The first kappa shape index (κ1) is 14.5. The minimum atomic E-state index is 0.00194. The zero-order chi connectivity index (χ0) is 13.5. The van der Waals surface area contributed by atoms with Crippen LogP contribution in [0.4, 0.5) is 0 Å². The van der Waals surface area contributed by atoms with Crippen LogP contribution in [0.25, 0.3) is 0 Å². The molecule has 1 aromatic rings. The molecule has 19 heavy (non-hydrogen) atoms. The molecule has 1 aromatic heterocycles. The number of hydrogen-bond acceptors (Lipinski definition) is 5. The fraction of sp³-hybridized carbons (Fsp3) is 0.857. The molecule has 1 atom stereocenters. The SMILES string of the molecule is CNCCCc1nc(C(OC)C2CCCCC2)no1. The number of rotatable bonds is 7. The number of aryl methyl sites for hydroxylation is 1. The Morgan fingerprint density at radius 3 is 2.84 bits per heavy atom. The molecule has 0 aromatic carbocycles. The van der Waals surface area contributed by atoms with Gasteiger partial charge in [0, 0.05) is 13.5 Å². The Kier molecular flexibility index (Phi) is 5.79. The molecular formula is C14H25N3O2. The molecule has 5 heteroatoms. The van der Waals surface area contributed by atoms with Crippen LogP contribution in [-0.2, 0) is 11.2 Å². The van der Waals surface area contributed by atoms with E-state index < -0.39 is 0 Å². The lowest BCUT2D eigenvalue weighted by Gasteiger charge is -2.26.